The predicted octanol–water partition coefficient (Wildman–Crippen LogP) is 2.88. The highest BCUT2D eigenvalue weighted by molar-refractivity contribution is 9.10. The quantitative estimate of drug-likeness (QED) is 0.862. The Kier molecular flexibility index (Phi) is 3.10. The van der Waals surface area contributed by atoms with Gasteiger partial charge >= 0.3 is 5.97 Å². The molecule has 1 aromatic heterocycles. The van der Waals surface area contributed by atoms with Gasteiger partial charge in [0.25, 0.3) is 0 Å². The van der Waals surface area contributed by atoms with Gasteiger partial charge in [-0.2, -0.15) is 0 Å². The molecule has 0 atom stereocenters. The lowest BCUT2D eigenvalue weighted by molar-refractivity contribution is 0.0519. The minimum Gasteiger partial charge on any atom is -0.486 e. The molecule has 2 aromatic rings. The monoisotopic (exact) mass is 325 g/mol. The van der Waals surface area contributed by atoms with Gasteiger partial charge in [0.2, 0.25) is 0 Å². The molecule has 0 bridgehead atoms. The van der Waals surface area contributed by atoms with E-state index in [-0.39, 0.29) is 5.97 Å². The first-order valence-electron chi connectivity index (χ1n) is 5.98. The van der Waals surface area contributed by atoms with Gasteiger partial charge in [-0.1, -0.05) is 0 Å². The zero-order valence-electron chi connectivity index (χ0n) is 10.3. The Morgan fingerprint density at radius 1 is 1.37 bits per heavy atom. The van der Waals surface area contributed by atoms with E-state index in [4.69, 9.17) is 14.2 Å². The molecule has 1 aliphatic heterocycles. The first-order chi connectivity index (χ1) is 9.20. The molecule has 1 aromatic carbocycles. The van der Waals surface area contributed by atoms with E-state index in [1.807, 2.05) is 12.1 Å². The SMILES string of the molecule is CCOC(=O)c1[nH]c2cc3c(cc2c1Br)OCCO3. The van der Waals surface area contributed by atoms with Crippen LogP contribution in [0.1, 0.15) is 17.4 Å². The van der Waals surface area contributed by atoms with Crippen LogP contribution in [0.4, 0.5) is 0 Å². The van der Waals surface area contributed by atoms with Crippen LogP contribution in [0.5, 0.6) is 11.5 Å². The molecule has 1 aliphatic rings. The van der Waals surface area contributed by atoms with Crippen LogP contribution in [0.3, 0.4) is 0 Å². The number of ether oxygens (including phenoxy) is 3. The average Bonchev–Trinajstić information content (AvgIpc) is 2.74. The Morgan fingerprint density at radius 3 is 2.74 bits per heavy atom. The van der Waals surface area contributed by atoms with Crippen LogP contribution in [0.25, 0.3) is 10.9 Å². The average molecular weight is 326 g/mol. The molecule has 19 heavy (non-hydrogen) atoms. The highest BCUT2D eigenvalue weighted by atomic mass is 79.9. The van der Waals surface area contributed by atoms with Crippen molar-refractivity contribution >= 4 is 32.8 Å². The molecule has 0 spiro atoms. The van der Waals surface area contributed by atoms with Crippen LogP contribution in [0.15, 0.2) is 16.6 Å². The molecule has 100 valence electrons. The third-order valence-electron chi connectivity index (χ3n) is 2.88. The van der Waals surface area contributed by atoms with Gasteiger partial charge in [0.05, 0.1) is 16.6 Å². The lowest BCUT2D eigenvalue weighted by Gasteiger charge is -2.18. The van der Waals surface area contributed by atoms with Gasteiger partial charge in [0.15, 0.2) is 11.5 Å². The second kappa shape index (κ2) is 4.77. The molecular weight excluding hydrogens is 314 g/mol. The van der Waals surface area contributed by atoms with Crippen molar-refractivity contribution in [2.75, 3.05) is 19.8 Å². The standard InChI is InChI=1S/C13H12BrNO4/c1-2-17-13(16)12-11(14)7-5-9-10(6-8(7)15-12)19-4-3-18-9/h5-6,15H,2-4H2,1H3. The Bertz CT molecular complexity index is 650. The third kappa shape index (κ3) is 2.06. The summed E-state index contributed by atoms with van der Waals surface area (Å²) >= 11 is 3.42. The summed E-state index contributed by atoms with van der Waals surface area (Å²) in [6, 6.07) is 3.68. The molecule has 6 heteroatoms. The van der Waals surface area contributed by atoms with E-state index in [0.717, 1.165) is 10.9 Å². The van der Waals surface area contributed by atoms with Gasteiger partial charge in [0, 0.05) is 11.5 Å². The summed E-state index contributed by atoms with van der Waals surface area (Å²) < 4.78 is 16.7. The molecule has 0 radical (unpaired) electrons. The van der Waals surface area contributed by atoms with Crippen molar-refractivity contribution in [3.05, 3.63) is 22.3 Å². The Hall–Kier alpha value is -1.69. The summed E-state index contributed by atoms with van der Waals surface area (Å²) in [6.07, 6.45) is 0. The van der Waals surface area contributed by atoms with Crippen molar-refractivity contribution in [2.45, 2.75) is 6.92 Å². The highest BCUT2D eigenvalue weighted by Crippen LogP contribution is 2.38. The number of aromatic amines is 1. The van der Waals surface area contributed by atoms with Gasteiger partial charge in [-0.25, -0.2) is 4.79 Å². The van der Waals surface area contributed by atoms with Crippen LogP contribution >= 0.6 is 15.9 Å². The maximum absolute atomic E-state index is 11.8. The molecule has 0 aliphatic carbocycles. The lowest BCUT2D eigenvalue weighted by Crippen LogP contribution is -2.15. The van der Waals surface area contributed by atoms with Gasteiger partial charge in [-0.15, -0.1) is 0 Å². The van der Waals surface area contributed by atoms with E-state index in [1.54, 1.807) is 6.92 Å². The molecular formula is C13H12BrNO4. The molecule has 0 amide bonds. The van der Waals surface area contributed by atoms with E-state index >= 15 is 0 Å². The molecule has 5 nitrogen and oxygen atoms in total. The number of rotatable bonds is 2. The number of nitrogens with one attached hydrogen (secondary N) is 1. The topological polar surface area (TPSA) is 60.6 Å². The summed E-state index contributed by atoms with van der Waals surface area (Å²) in [7, 11) is 0. The van der Waals surface area contributed by atoms with E-state index in [9.17, 15) is 4.79 Å². The fraction of sp³-hybridized carbons (Fsp3) is 0.308. The zero-order valence-corrected chi connectivity index (χ0v) is 11.9. The fourth-order valence-corrected chi connectivity index (χ4v) is 2.63. The molecule has 2 heterocycles. The number of esters is 1. The normalized spacial score (nSPS) is 13.6. The van der Waals surface area contributed by atoms with Gasteiger partial charge in [-0.3, -0.25) is 0 Å². The van der Waals surface area contributed by atoms with E-state index in [1.165, 1.54) is 0 Å². The second-order valence-electron chi connectivity index (χ2n) is 4.08. The summed E-state index contributed by atoms with van der Waals surface area (Å²) in [5, 5.41) is 0.868. The van der Waals surface area contributed by atoms with E-state index in [0.29, 0.717) is 41.5 Å². The molecule has 0 saturated heterocycles. The summed E-state index contributed by atoms with van der Waals surface area (Å²) in [5.74, 6) is 0.988. The number of fused-ring (bicyclic) bond motifs is 2. The number of hydrogen-bond donors (Lipinski definition) is 1. The van der Waals surface area contributed by atoms with Crippen LogP contribution in [-0.4, -0.2) is 30.8 Å². The van der Waals surface area contributed by atoms with Gasteiger partial charge in [0.1, 0.15) is 18.9 Å². The minimum atomic E-state index is -0.384. The fourth-order valence-electron chi connectivity index (χ4n) is 2.04. The number of halogens is 1. The minimum absolute atomic E-state index is 0.337. The first kappa shape index (κ1) is 12.3. The maximum Gasteiger partial charge on any atom is 0.355 e. The highest BCUT2D eigenvalue weighted by Gasteiger charge is 2.20. The van der Waals surface area contributed by atoms with Crippen molar-refractivity contribution in [3.63, 3.8) is 0 Å². The number of aromatic nitrogens is 1. The summed E-state index contributed by atoms with van der Waals surface area (Å²) in [5.41, 5.74) is 1.21. The van der Waals surface area contributed by atoms with Gasteiger partial charge in [-0.05, 0) is 28.9 Å². The molecule has 3 rings (SSSR count). The van der Waals surface area contributed by atoms with Crippen molar-refractivity contribution < 1.29 is 19.0 Å². The van der Waals surface area contributed by atoms with Gasteiger partial charge < -0.3 is 19.2 Å². The van der Waals surface area contributed by atoms with Crippen molar-refractivity contribution in [1.29, 1.82) is 0 Å². The molecule has 0 fully saturated rings. The lowest BCUT2D eigenvalue weighted by atomic mass is 10.2. The van der Waals surface area contributed by atoms with E-state index < -0.39 is 0 Å². The van der Waals surface area contributed by atoms with Crippen LogP contribution in [-0.2, 0) is 4.74 Å². The van der Waals surface area contributed by atoms with Crippen molar-refractivity contribution in [2.24, 2.45) is 0 Å². The Balaban J connectivity index is 2.12. The summed E-state index contributed by atoms with van der Waals surface area (Å²) in [6.45, 7) is 3.18. The second-order valence-corrected chi connectivity index (χ2v) is 4.87. The molecule has 1 N–H and O–H groups in total. The zero-order chi connectivity index (χ0) is 13.4. The number of benzene rings is 1. The Morgan fingerprint density at radius 2 is 2.05 bits per heavy atom. The first-order valence-corrected chi connectivity index (χ1v) is 6.78. The summed E-state index contributed by atoms with van der Waals surface area (Å²) in [4.78, 5) is 14.9. The largest absolute Gasteiger partial charge is 0.486 e. The Labute approximate surface area is 118 Å². The molecule has 0 saturated carbocycles. The van der Waals surface area contributed by atoms with Crippen molar-refractivity contribution in [1.82, 2.24) is 4.98 Å². The van der Waals surface area contributed by atoms with Crippen molar-refractivity contribution in [3.8, 4) is 11.5 Å². The van der Waals surface area contributed by atoms with Crippen LogP contribution in [0.2, 0.25) is 0 Å². The van der Waals surface area contributed by atoms with Crippen LogP contribution < -0.4 is 9.47 Å². The predicted molar refractivity (Wildman–Crippen MR) is 72.9 cm³/mol. The number of hydrogen-bond acceptors (Lipinski definition) is 4. The number of carbonyl (C=O) groups excluding carboxylic acids is 1. The van der Waals surface area contributed by atoms with E-state index in [2.05, 4.69) is 20.9 Å². The number of carbonyl (C=O) groups is 1. The maximum atomic E-state index is 11.8. The van der Waals surface area contributed by atoms with Crippen LogP contribution in [0, 0.1) is 0 Å². The molecule has 0 unspecified atom stereocenters. The third-order valence-corrected chi connectivity index (χ3v) is 3.70. The smallest absolute Gasteiger partial charge is 0.355 e. The number of H-pyrrole nitrogens is 1.